The van der Waals surface area contributed by atoms with E-state index in [0.29, 0.717) is 17.4 Å². The highest BCUT2D eigenvalue weighted by Crippen LogP contribution is 2.38. The largest absolute Gasteiger partial charge is 0.756 e. The Balaban J connectivity index is 5.20. The van der Waals surface area contributed by atoms with Gasteiger partial charge in [-0.3, -0.25) is 14.2 Å². The average Bonchev–Trinajstić information content (AvgIpc) is 3.47. The summed E-state index contributed by atoms with van der Waals surface area (Å²) >= 11 is 0. The number of unbranched alkanes of at least 4 members (excludes halogenated alkanes) is 31. The minimum Gasteiger partial charge on any atom is -0.756 e. The summed E-state index contributed by atoms with van der Waals surface area (Å²) in [4.78, 5) is 40.1. The maximum Gasteiger partial charge on any atom is 0.306 e. The van der Waals surface area contributed by atoms with E-state index in [1.807, 2.05) is 33.3 Å². The minimum absolute atomic E-state index is 0.0315. The standard InChI is InChI=1S/C72H129N2O7P/c1-7-10-13-16-19-22-25-28-30-32-34-36-37-39-40-42-44-46-49-52-55-58-61-64-71(75)73-69(68-80-82(77,78)79-67-66-74(4,5)6)70(63-60-57-54-51-48-27-24-21-18-15-12-9-3)81-72(76)65-62-59-56-53-50-47-45-43-41-38-35-33-31-29-26-23-20-17-14-11-8-2/h10,13,19,22,28-31,34,36,39-40,44,46,60,63,69-70H,7-9,11-12,14-18,20-21,23-27,32-33,35,37-38,41-43,45,47-59,61-62,64-68H2,1-6H3,(H-,73,75,77,78)/b13-10-,22-19-,30-28-,31-29+,36-34-,40-39-,46-44-,63-60+. The first-order valence-electron chi connectivity index (χ1n) is 34.0. The first kappa shape index (κ1) is 78.9. The van der Waals surface area contributed by atoms with Crippen LogP contribution < -0.4 is 10.2 Å². The molecule has 0 fully saturated rings. The van der Waals surface area contributed by atoms with Crippen LogP contribution >= 0.6 is 7.82 Å². The smallest absolute Gasteiger partial charge is 0.306 e. The number of carbonyl (C=O) groups excluding carboxylic acids is 2. The van der Waals surface area contributed by atoms with Crippen LogP contribution in [-0.2, 0) is 27.9 Å². The summed E-state index contributed by atoms with van der Waals surface area (Å²) in [6.07, 6.45) is 82.4. The molecule has 0 saturated heterocycles. The predicted octanol–water partition coefficient (Wildman–Crippen LogP) is 20.9. The Labute approximate surface area is 507 Å². The molecular formula is C72H129N2O7P. The molecule has 0 heterocycles. The van der Waals surface area contributed by atoms with E-state index in [1.165, 1.54) is 154 Å². The fourth-order valence-corrected chi connectivity index (χ4v) is 10.2. The van der Waals surface area contributed by atoms with E-state index in [0.717, 1.165) is 103 Å². The highest BCUT2D eigenvalue weighted by Gasteiger charge is 2.27. The Morgan fingerprint density at radius 3 is 1.18 bits per heavy atom. The van der Waals surface area contributed by atoms with Gasteiger partial charge >= 0.3 is 5.97 Å². The second-order valence-corrected chi connectivity index (χ2v) is 25.4. The van der Waals surface area contributed by atoms with E-state index in [4.69, 9.17) is 13.8 Å². The molecule has 474 valence electrons. The van der Waals surface area contributed by atoms with Crippen molar-refractivity contribution >= 4 is 19.7 Å². The van der Waals surface area contributed by atoms with Crippen LogP contribution in [0.5, 0.6) is 0 Å². The van der Waals surface area contributed by atoms with Crippen LogP contribution in [0.2, 0.25) is 0 Å². The van der Waals surface area contributed by atoms with E-state index < -0.39 is 26.6 Å². The molecule has 0 aromatic rings. The molecule has 3 atom stereocenters. The van der Waals surface area contributed by atoms with Gasteiger partial charge in [-0.15, -0.1) is 0 Å². The number of likely N-dealkylation sites (N-methyl/N-ethyl adjacent to an activating group) is 1. The zero-order valence-electron chi connectivity index (χ0n) is 54.2. The van der Waals surface area contributed by atoms with Gasteiger partial charge in [-0.05, 0) is 109 Å². The van der Waals surface area contributed by atoms with Crippen LogP contribution in [0.4, 0.5) is 0 Å². The number of phosphoric acid groups is 1. The van der Waals surface area contributed by atoms with Gasteiger partial charge in [0.1, 0.15) is 19.3 Å². The predicted molar refractivity (Wildman–Crippen MR) is 353 cm³/mol. The summed E-state index contributed by atoms with van der Waals surface area (Å²) < 4.78 is 30.4. The van der Waals surface area contributed by atoms with Crippen molar-refractivity contribution in [3.63, 3.8) is 0 Å². The van der Waals surface area contributed by atoms with E-state index in [-0.39, 0.29) is 31.3 Å². The molecule has 1 amide bonds. The van der Waals surface area contributed by atoms with Gasteiger partial charge in [0, 0.05) is 12.8 Å². The molecule has 0 aromatic carbocycles. The van der Waals surface area contributed by atoms with Crippen molar-refractivity contribution in [1.29, 1.82) is 0 Å². The molecule has 3 unspecified atom stereocenters. The maximum absolute atomic E-state index is 13.6. The number of nitrogens with one attached hydrogen (secondary N) is 1. The minimum atomic E-state index is -4.72. The summed E-state index contributed by atoms with van der Waals surface area (Å²) in [6.45, 7) is 6.72. The van der Waals surface area contributed by atoms with Crippen molar-refractivity contribution in [3.05, 3.63) is 97.2 Å². The number of hydrogen-bond acceptors (Lipinski definition) is 7. The molecular weight excluding hydrogens is 1040 g/mol. The molecule has 0 aliphatic carbocycles. The van der Waals surface area contributed by atoms with Gasteiger partial charge in [-0.25, -0.2) is 0 Å². The van der Waals surface area contributed by atoms with Crippen molar-refractivity contribution in [2.75, 3.05) is 40.9 Å². The van der Waals surface area contributed by atoms with Crippen LogP contribution in [0.25, 0.3) is 0 Å². The molecule has 1 N–H and O–H groups in total. The van der Waals surface area contributed by atoms with Gasteiger partial charge in [0.15, 0.2) is 0 Å². The van der Waals surface area contributed by atoms with Gasteiger partial charge in [0.25, 0.3) is 7.82 Å². The molecule has 0 aliphatic rings. The number of quaternary nitrogens is 1. The van der Waals surface area contributed by atoms with Gasteiger partial charge in [-0.2, -0.15) is 0 Å². The van der Waals surface area contributed by atoms with E-state index in [9.17, 15) is 19.0 Å². The van der Waals surface area contributed by atoms with Gasteiger partial charge in [-0.1, -0.05) is 272 Å². The molecule has 9 nitrogen and oxygen atoms in total. The third-order valence-corrected chi connectivity index (χ3v) is 15.7. The Morgan fingerprint density at radius 2 is 0.780 bits per heavy atom. The zero-order chi connectivity index (χ0) is 60.0. The quantitative estimate of drug-likeness (QED) is 0.0212. The van der Waals surface area contributed by atoms with Crippen molar-refractivity contribution < 1.29 is 37.3 Å². The molecule has 0 spiro atoms. The lowest BCUT2D eigenvalue weighted by Gasteiger charge is -2.30. The van der Waals surface area contributed by atoms with Crippen molar-refractivity contribution in [3.8, 4) is 0 Å². The van der Waals surface area contributed by atoms with Gasteiger partial charge in [0.2, 0.25) is 5.91 Å². The number of carbonyl (C=O) groups is 2. The second-order valence-electron chi connectivity index (χ2n) is 23.9. The summed E-state index contributed by atoms with van der Waals surface area (Å²) in [5.74, 6) is -0.569. The van der Waals surface area contributed by atoms with Crippen molar-refractivity contribution in [1.82, 2.24) is 5.32 Å². The fourth-order valence-electron chi connectivity index (χ4n) is 9.52. The Kier molecular flexibility index (Phi) is 58.7. The Bertz CT molecular complexity index is 1720. The lowest BCUT2D eigenvalue weighted by molar-refractivity contribution is -0.870. The second kappa shape index (κ2) is 61.0. The first-order chi connectivity index (χ1) is 39.9. The lowest BCUT2D eigenvalue weighted by Crippen LogP contribution is -2.47. The van der Waals surface area contributed by atoms with Crippen LogP contribution in [0.15, 0.2) is 97.2 Å². The summed E-state index contributed by atoms with van der Waals surface area (Å²) in [7, 11) is 1.16. The number of allylic oxidation sites excluding steroid dienone is 15. The maximum atomic E-state index is 13.6. The van der Waals surface area contributed by atoms with E-state index >= 15 is 0 Å². The number of rotatable bonds is 61. The summed E-state index contributed by atoms with van der Waals surface area (Å²) in [6, 6.07) is -0.908. The van der Waals surface area contributed by atoms with Crippen LogP contribution in [0, 0.1) is 0 Å². The lowest BCUT2D eigenvalue weighted by atomic mass is 10.0. The Morgan fingerprint density at radius 1 is 0.439 bits per heavy atom. The average molecular weight is 1170 g/mol. The fraction of sp³-hybridized carbons (Fsp3) is 0.750. The van der Waals surface area contributed by atoms with E-state index in [1.54, 1.807) is 0 Å². The highest BCUT2D eigenvalue weighted by molar-refractivity contribution is 7.45. The van der Waals surface area contributed by atoms with Crippen molar-refractivity contribution in [2.24, 2.45) is 0 Å². The number of hydrogen-bond donors (Lipinski definition) is 1. The number of ether oxygens (including phenoxy) is 1. The molecule has 0 rings (SSSR count). The normalized spacial score (nSPS) is 14.2. The number of nitrogens with zero attached hydrogens (tertiary/aromatic N) is 1. The van der Waals surface area contributed by atoms with Crippen LogP contribution in [0.1, 0.15) is 297 Å². The highest BCUT2D eigenvalue weighted by atomic mass is 31.2. The number of phosphoric ester groups is 1. The zero-order valence-corrected chi connectivity index (χ0v) is 55.1. The molecule has 0 bridgehead atoms. The molecule has 0 aliphatic heterocycles. The van der Waals surface area contributed by atoms with Gasteiger partial charge in [0.05, 0.1) is 33.8 Å². The molecule has 0 aromatic heterocycles. The third kappa shape index (κ3) is 61.5. The van der Waals surface area contributed by atoms with Crippen LogP contribution in [0.3, 0.4) is 0 Å². The molecule has 10 heteroatoms. The number of amides is 1. The molecule has 0 saturated carbocycles. The monoisotopic (exact) mass is 1160 g/mol. The first-order valence-corrected chi connectivity index (χ1v) is 35.5. The molecule has 0 radical (unpaired) electrons. The SMILES string of the molecule is CC/C=C\C/C=C\C/C=C\C/C=C\C/C=C\C/C=C\CCCCCCC(=O)NC(COP(=O)([O-])OCC[N+](C)(C)C)C(/C=C/CCCCCCCCCCCC)OC(=O)CCCCCCCCCCCCC/C=C/CCCCCCCC. The number of esters is 1. The van der Waals surface area contributed by atoms with Crippen molar-refractivity contribution in [2.45, 2.75) is 309 Å². The van der Waals surface area contributed by atoms with Gasteiger partial charge < -0.3 is 28.5 Å². The summed E-state index contributed by atoms with van der Waals surface area (Å²) in [5, 5.41) is 3.02. The molecule has 82 heavy (non-hydrogen) atoms. The van der Waals surface area contributed by atoms with E-state index in [2.05, 4.69) is 111 Å². The van der Waals surface area contributed by atoms with Crippen LogP contribution in [-0.4, -0.2) is 69.4 Å². The topological polar surface area (TPSA) is 114 Å². The third-order valence-electron chi connectivity index (χ3n) is 14.7. The summed E-state index contributed by atoms with van der Waals surface area (Å²) in [5.41, 5.74) is 0. The Hall–Kier alpha value is -3.07.